The first-order chi connectivity index (χ1) is 17.0. The van der Waals surface area contributed by atoms with Gasteiger partial charge < -0.3 is 24.8 Å². The van der Waals surface area contributed by atoms with E-state index in [1.807, 2.05) is 55.5 Å². The number of urea groups is 1. The van der Waals surface area contributed by atoms with Crippen molar-refractivity contribution in [1.82, 2.24) is 10.6 Å². The second-order valence-corrected chi connectivity index (χ2v) is 8.10. The third-order valence-electron chi connectivity index (χ3n) is 5.48. The Morgan fingerprint density at radius 2 is 1.71 bits per heavy atom. The second-order valence-electron chi connectivity index (χ2n) is 7.70. The molecule has 3 aromatic carbocycles. The lowest BCUT2D eigenvalue weighted by molar-refractivity contribution is -0.136. The molecule has 1 heterocycles. The van der Waals surface area contributed by atoms with Crippen LogP contribution in [0.25, 0.3) is 5.70 Å². The molecule has 0 saturated carbocycles. The van der Waals surface area contributed by atoms with E-state index in [2.05, 4.69) is 10.6 Å². The largest absolute Gasteiger partial charge is 0.490 e. The maximum absolute atomic E-state index is 12.9. The van der Waals surface area contributed by atoms with Crippen LogP contribution in [0.2, 0.25) is 5.02 Å². The van der Waals surface area contributed by atoms with Crippen LogP contribution in [0.15, 0.2) is 78.4 Å². The van der Waals surface area contributed by atoms with E-state index in [4.69, 9.17) is 25.8 Å². The van der Waals surface area contributed by atoms with Crippen LogP contribution in [-0.2, 0) is 16.1 Å². The maximum Gasteiger partial charge on any atom is 0.338 e. The smallest absolute Gasteiger partial charge is 0.338 e. The average molecular weight is 493 g/mol. The minimum Gasteiger partial charge on any atom is -0.490 e. The Balaban J connectivity index is 1.72. The molecule has 0 aromatic heterocycles. The first-order valence-electron chi connectivity index (χ1n) is 11.1. The van der Waals surface area contributed by atoms with Gasteiger partial charge in [-0.3, -0.25) is 0 Å². The number of carbonyl (C=O) groups is 2. The van der Waals surface area contributed by atoms with E-state index in [0.717, 1.165) is 5.56 Å². The molecule has 2 amide bonds. The van der Waals surface area contributed by atoms with Gasteiger partial charge in [-0.1, -0.05) is 66.2 Å². The zero-order valence-electron chi connectivity index (χ0n) is 19.3. The van der Waals surface area contributed by atoms with Crippen LogP contribution in [0.4, 0.5) is 4.79 Å². The van der Waals surface area contributed by atoms with Gasteiger partial charge >= 0.3 is 12.0 Å². The highest BCUT2D eigenvalue weighted by atomic mass is 35.5. The molecule has 4 rings (SSSR count). The first kappa shape index (κ1) is 24.2. The Kier molecular flexibility index (Phi) is 7.57. The van der Waals surface area contributed by atoms with Crippen molar-refractivity contribution in [2.45, 2.75) is 19.6 Å². The van der Waals surface area contributed by atoms with Gasteiger partial charge in [0.25, 0.3) is 0 Å². The van der Waals surface area contributed by atoms with E-state index < -0.39 is 18.0 Å². The predicted molar refractivity (Wildman–Crippen MR) is 133 cm³/mol. The summed E-state index contributed by atoms with van der Waals surface area (Å²) in [5, 5.41) is 6.19. The van der Waals surface area contributed by atoms with Gasteiger partial charge in [-0.2, -0.15) is 0 Å². The molecular weight excluding hydrogens is 468 g/mol. The Bertz CT molecular complexity index is 1260. The van der Waals surface area contributed by atoms with E-state index >= 15 is 0 Å². The number of amides is 2. The third-order valence-corrected chi connectivity index (χ3v) is 5.85. The van der Waals surface area contributed by atoms with Crippen molar-refractivity contribution < 1.29 is 23.8 Å². The van der Waals surface area contributed by atoms with Crippen molar-refractivity contribution in [2.75, 3.05) is 13.7 Å². The first-order valence-corrected chi connectivity index (χ1v) is 11.5. The van der Waals surface area contributed by atoms with Gasteiger partial charge in [-0.15, -0.1) is 0 Å². The lowest BCUT2D eigenvalue weighted by Gasteiger charge is -2.29. The van der Waals surface area contributed by atoms with E-state index in [-0.39, 0.29) is 12.2 Å². The average Bonchev–Trinajstić information content (AvgIpc) is 2.88. The molecule has 1 unspecified atom stereocenters. The molecule has 2 N–H and O–H groups in total. The summed E-state index contributed by atoms with van der Waals surface area (Å²) in [5.41, 5.74) is 2.85. The fraction of sp³-hybridized carbons (Fsp3) is 0.185. The number of hydrogen-bond donors (Lipinski definition) is 2. The number of nitrogens with one attached hydrogen (secondary N) is 2. The van der Waals surface area contributed by atoms with Gasteiger partial charge in [0.1, 0.15) is 6.61 Å². The van der Waals surface area contributed by atoms with Crippen molar-refractivity contribution in [3.63, 3.8) is 0 Å². The Morgan fingerprint density at radius 3 is 2.43 bits per heavy atom. The Labute approximate surface area is 208 Å². The van der Waals surface area contributed by atoms with Gasteiger partial charge in [0.05, 0.1) is 31.0 Å². The summed E-state index contributed by atoms with van der Waals surface area (Å²) in [7, 11) is 1.31. The Hall–Kier alpha value is -3.97. The molecule has 1 aliphatic heterocycles. The van der Waals surface area contributed by atoms with Crippen LogP contribution in [0.5, 0.6) is 11.5 Å². The molecule has 0 spiro atoms. The second kappa shape index (κ2) is 11.0. The minimum atomic E-state index is -0.761. The molecule has 180 valence electrons. The van der Waals surface area contributed by atoms with Gasteiger partial charge in [-0.05, 0) is 36.2 Å². The van der Waals surface area contributed by atoms with Crippen molar-refractivity contribution in [1.29, 1.82) is 0 Å². The van der Waals surface area contributed by atoms with Gasteiger partial charge in [0.2, 0.25) is 0 Å². The number of halogens is 1. The molecule has 1 atom stereocenters. The van der Waals surface area contributed by atoms with E-state index in [9.17, 15) is 9.59 Å². The zero-order valence-corrected chi connectivity index (χ0v) is 20.1. The lowest BCUT2D eigenvalue weighted by Crippen LogP contribution is -2.45. The van der Waals surface area contributed by atoms with Gasteiger partial charge in [-0.25, -0.2) is 9.59 Å². The summed E-state index contributed by atoms with van der Waals surface area (Å²) < 4.78 is 16.9. The fourth-order valence-corrected chi connectivity index (χ4v) is 4.03. The summed E-state index contributed by atoms with van der Waals surface area (Å²) >= 11 is 6.25. The van der Waals surface area contributed by atoms with E-state index in [1.54, 1.807) is 24.3 Å². The quantitative estimate of drug-likeness (QED) is 0.419. The Morgan fingerprint density at radius 1 is 0.971 bits per heavy atom. The van der Waals surface area contributed by atoms with Crippen LogP contribution >= 0.6 is 11.6 Å². The molecule has 3 aromatic rings. The molecule has 35 heavy (non-hydrogen) atoms. The topological polar surface area (TPSA) is 85.9 Å². The molecule has 7 nitrogen and oxygen atoms in total. The van der Waals surface area contributed by atoms with Crippen molar-refractivity contribution in [2.24, 2.45) is 0 Å². The van der Waals surface area contributed by atoms with Crippen molar-refractivity contribution in [3.8, 4) is 11.5 Å². The van der Waals surface area contributed by atoms with Crippen LogP contribution in [0.1, 0.15) is 29.7 Å². The molecule has 1 aliphatic rings. The number of carbonyl (C=O) groups excluding carboxylic acids is 2. The summed E-state index contributed by atoms with van der Waals surface area (Å²) in [6, 6.07) is 20.7. The molecule has 0 aliphatic carbocycles. The standard InChI is InChI=1S/C27H25ClN2O5/c1-3-34-22-15-18(13-14-21(22)35-16-19-11-7-8-12-20(19)28)25-23(26(31)33-2)24(29-27(32)30-25)17-9-5-4-6-10-17/h4-15,25H,3,16H2,1-2H3,(H2,29,30,32). The van der Waals surface area contributed by atoms with Crippen molar-refractivity contribution in [3.05, 3.63) is 100 Å². The highest BCUT2D eigenvalue weighted by molar-refractivity contribution is 6.31. The molecular formula is C27H25ClN2O5. The highest BCUT2D eigenvalue weighted by Gasteiger charge is 2.34. The zero-order chi connectivity index (χ0) is 24.8. The minimum absolute atomic E-state index is 0.259. The molecule has 0 fully saturated rings. The lowest BCUT2D eigenvalue weighted by atomic mass is 9.92. The molecule has 8 heteroatoms. The van der Waals surface area contributed by atoms with Crippen molar-refractivity contribution >= 4 is 29.3 Å². The van der Waals surface area contributed by atoms with Crippen LogP contribution in [0, 0.1) is 0 Å². The summed E-state index contributed by atoms with van der Waals surface area (Å²) in [6.45, 7) is 2.53. The van der Waals surface area contributed by atoms with Crippen LogP contribution in [-0.4, -0.2) is 25.7 Å². The monoisotopic (exact) mass is 492 g/mol. The summed E-state index contributed by atoms with van der Waals surface area (Å²) in [5.74, 6) is 0.441. The van der Waals surface area contributed by atoms with Gasteiger partial charge in [0, 0.05) is 10.6 Å². The summed E-state index contributed by atoms with van der Waals surface area (Å²) in [4.78, 5) is 25.4. The van der Waals surface area contributed by atoms with Crippen LogP contribution < -0.4 is 20.1 Å². The predicted octanol–water partition coefficient (Wildman–Crippen LogP) is 5.26. The van der Waals surface area contributed by atoms with Gasteiger partial charge in [0.15, 0.2) is 11.5 Å². The SMILES string of the molecule is CCOc1cc(C2NC(=O)NC(c3ccccc3)=C2C(=O)OC)ccc1OCc1ccccc1Cl. The normalized spacial score (nSPS) is 15.2. The van der Waals surface area contributed by atoms with E-state index in [1.165, 1.54) is 7.11 Å². The van der Waals surface area contributed by atoms with Crippen LogP contribution in [0.3, 0.4) is 0 Å². The number of ether oxygens (including phenoxy) is 3. The summed E-state index contributed by atoms with van der Waals surface area (Å²) in [6.07, 6.45) is 0. The van der Waals surface area contributed by atoms with E-state index in [0.29, 0.717) is 40.0 Å². The third kappa shape index (κ3) is 5.41. The number of esters is 1. The highest BCUT2D eigenvalue weighted by Crippen LogP contribution is 2.37. The number of benzene rings is 3. The molecule has 0 bridgehead atoms. The molecule has 0 radical (unpaired) electrons. The number of rotatable bonds is 8. The maximum atomic E-state index is 12.9. The molecule has 0 saturated heterocycles. The fourth-order valence-electron chi connectivity index (χ4n) is 3.84. The number of hydrogen-bond acceptors (Lipinski definition) is 5. The number of methoxy groups -OCH3 is 1.